The van der Waals surface area contributed by atoms with Crippen molar-refractivity contribution < 1.29 is 33.8 Å². The van der Waals surface area contributed by atoms with Crippen LogP contribution in [-0.2, 0) is 19.1 Å². The van der Waals surface area contributed by atoms with Gasteiger partial charge in [-0.3, -0.25) is 14.5 Å². The normalized spacial score (nSPS) is 25.2. The Morgan fingerprint density at radius 1 is 0.852 bits per heavy atom. The van der Waals surface area contributed by atoms with E-state index in [4.69, 9.17) is 19.4 Å². The predicted octanol–water partition coefficient (Wildman–Crippen LogP) is 6.10. The second kappa shape index (κ2) is 15.1. The first kappa shape index (κ1) is 39.0. The Morgan fingerprint density at radius 3 is 2.16 bits per heavy atom. The van der Waals surface area contributed by atoms with Gasteiger partial charge in [-0.15, -0.1) is 0 Å². The van der Waals surface area contributed by atoms with E-state index < -0.39 is 24.3 Å². The van der Waals surface area contributed by atoms with Gasteiger partial charge in [0.25, 0.3) is 0 Å². The molecule has 4 amide bonds. The lowest BCUT2D eigenvalue weighted by Crippen LogP contribution is -2.54. The van der Waals surface area contributed by atoms with Gasteiger partial charge in [-0.05, 0) is 104 Å². The maximum Gasteiger partial charge on any atom is 0.407 e. The van der Waals surface area contributed by atoms with E-state index in [0.717, 1.165) is 81.3 Å². The second-order valence-corrected chi connectivity index (χ2v) is 17.9. The number of ether oxygens (including phenoxy) is 2. The number of carbonyl (C=O) groups is 4. The van der Waals surface area contributed by atoms with Gasteiger partial charge in [0.15, 0.2) is 0 Å². The fourth-order valence-electron chi connectivity index (χ4n) is 10.4. The SMILES string of the molecule is COC(=O)N[C@H](C(=O)N1[C@@H]2C[C@H]2C[C@H]1c1nc2cc(C#Cc3ccc4c(ccc5nc([C@@H]6C[C@H]7C[C@H]7N6C(=O)[C@H](C6CCOCC6)N(C)C(=O)O)[nH]c54)c3)ccc2[nH]1)C(C)C. The topological polar surface area (TPSA) is 186 Å². The van der Waals surface area contributed by atoms with Gasteiger partial charge in [-0.1, -0.05) is 37.8 Å². The van der Waals surface area contributed by atoms with Crippen molar-refractivity contribution in [3.05, 3.63) is 71.3 Å². The molecule has 5 heterocycles. The lowest BCUT2D eigenvalue weighted by Gasteiger charge is -2.38. The molecule has 2 aromatic heterocycles. The van der Waals surface area contributed by atoms with Crippen LogP contribution in [0.15, 0.2) is 48.5 Å². The Hall–Kier alpha value is -6.14. The number of amides is 4. The van der Waals surface area contributed by atoms with E-state index >= 15 is 0 Å². The molecular formula is C46H50N8O7. The Balaban J connectivity index is 0.876. The van der Waals surface area contributed by atoms with Crippen LogP contribution in [-0.4, -0.2) is 115 Å². The first-order chi connectivity index (χ1) is 29.5. The molecule has 10 rings (SSSR count). The van der Waals surface area contributed by atoms with Gasteiger partial charge in [0.1, 0.15) is 23.7 Å². The highest BCUT2D eigenvalue weighted by molar-refractivity contribution is 6.04. The standard InChI is InChI=1S/C46H50N8O7/c1-23(2)38(51-45(57)60-4)43(55)53-34-19-28(34)21-36(53)41-47-31-11-8-25(18-33(31)49-41)6-5-24-7-10-30-27(17-24)9-12-32-39(30)50-42(48-32)37-22-29-20-35(29)54(37)44(56)40(52(3)46(58)59)26-13-15-61-16-14-26/h7-12,17-18,23,26,28-29,34-38,40H,13-16,19-22H2,1-4H3,(H,47,49)(H,48,50)(H,51,57)(H,58,59)/t28-,29+,34+,35+,36-,37-,38-,40-/m0/s1. The molecule has 5 aliphatic rings. The zero-order valence-electron chi connectivity index (χ0n) is 34.7. The monoisotopic (exact) mass is 826 g/mol. The number of likely N-dealkylation sites (N-methyl/N-ethyl adjacent to an activating group) is 1. The summed E-state index contributed by atoms with van der Waals surface area (Å²) in [5, 5.41) is 14.7. The third kappa shape index (κ3) is 7.00. The third-order valence-corrected chi connectivity index (χ3v) is 13.8. The van der Waals surface area contributed by atoms with Crippen LogP contribution < -0.4 is 5.32 Å². The number of fused-ring (bicyclic) bond motifs is 6. The lowest BCUT2D eigenvalue weighted by atomic mass is 9.89. The van der Waals surface area contributed by atoms with E-state index in [-0.39, 0.29) is 47.8 Å². The number of likely N-dealkylation sites (tertiary alicyclic amines) is 2. The minimum atomic E-state index is -1.11. The number of benzene rings is 3. The number of alkyl carbamates (subject to hydrolysis) is 1. The summed E-state index contributed by atoms with van der Waals surface area (Å²) >= 11 is 0. The predicted molar refractivity (Wildman–Crippen MR) is 225 cm³/mol. The van der Waals surface area contributed by atoms with Gasteiger partial charge in [0.05, 0.1) is 41.3 Å². The zero-order chi connectivity index (χ0) is 42.3. The quantitative estimate of drug-likeness (QED) is 0.134. The number of piperidine rings is 2. The van der Waals surface area contributed by atoms with Gasteiger partial charge in [-0.25, -0.2) is 19.6 Å². The second-order valence-electron chi connectivity index (χ2n) is 17.9. The number of nitrogens with zero attached hydrogens (tertiary/aromatic N) is 5. The number of H-pyrrole nitrogens is 2. The van der Waals surface area contributed by atoms with E-state index in [9.17, 15) is 24.3 Å². The lowest BCUT2D eigenvalue weighted by molar-refractivity contribution is -0.141. The number of aromatic amines is 2. The summed E-state index contributed by atoms with van der Waals surface area (Å²) in [7, 11) is 2.80. The molecule has 8 atom stereocenters. The Labute approximate surface area is 352 Å². The first-order valence-electron chi connectivity index (χ1n) is 21.4. The Kier molecular flexibility index (Phi) is 9.65. The molecule has 5 aromatic rings. The number of carbonyl (C=O) groups excluding carboxylic acids is 3. The first-order valence-corrected chi connectivity index (χ1v) is 21.4. The Bertz CT molecular complexity index is 2660. The molecule has 15 heteroatoms. The summed E-state index contributed by atoms with van der Waals surface area (Å²) in [6.45, 7) is 4.87. The van der Waals surface area contributed by atoms with Crippen LogP contribution in [0.25, 0.3) is 32.8 Å². The molecule has 15 nitrogen and oxygen atoms in total. The number of methoxy groups -OCH3 is 1. The number of hydrogen-bond acceptors (Lipinski definition) is 8. The van der Waals surface area contributed by atoms with Crippen LogP contribution >= 0.6 is 0 Å². The molecule has 5 fully saturated rings. The summed E-state index contributed by atoms with van der Waals surface area (Å²) in [5.41, 5.74) is 5.00. The van der Waals surface area contributed by atoms with Crippen LogP contribution in [0.2, 0.25) is 0 Å². The van der Waals surface area contributed by atoms with Gasteiger partial charge < -0.3 is 39.7 Å². The fraction of sp³-hybridized carbons (Fsp3) is 0.478. The molecule has 3 aliphatic heterocycles. The van der Waals surface area contributed by atoms with Crippen molar-refractivity contribution in [2.75, 3.05) is 27.4 Å². The molecule has 316 valence electrons. The largest absolute Gasteiger partial charge is 0.465 e. The molecule has 61 heavy (non-hydrogen) atoms. The van der Waals surface area contributed by atoms with Crippen LogP contribution in [0.3, 0.4) is 0 Å². The van der Waals surface area contributed by atoms with E-state index in [1.165, 1.54) is 19.1 Å². The summed E-state index contributed by atoms with van der Waals surface area (Å²) in [4.78, 5) is 74.5. The van der Waals surface area contributed by atoms with Crippen molar-refractivity contribution in [1.82, 2.24) is 40.0 Å². The number of carboxylic acid groups (broad SMARTS) is 1. The molecule has 3 aromatic carbocycles. The number of hydrogen-bond donors (Lipinski definition) is 4. The zero-order valence-corrected chi connectivity index (χ0v) is 34.7. The molecule has 0 unspecified atom stereocenters. The summed E-state index contributed by atoms with van der Waals surface area (Å²) in [6.07, 6.45) is 3.08. The molecular weight excluding hydrogens is 777 g/mol. The number of imidazole rings is 2. The summed E-state index contributed by atoms with van der Waals surface area (Å²) in [6, 6.07) is 14.4. The van der Waals surface area contributed by atoms with E-state index in [1.807, 2.05) is 60.0 Å². The van der Waals surface area contributed by atoms with Crippen LogP contribution in [0.4, 0.5) is 9.59 Å². The van der Waals surface area contributed by atoms with E-state index in [1.54, 1.807) is 0 Å². The maximum atomic E-state index is 14.4. The van der Waals surface area contributed by atoms with Crippen LogP contribution in [0, 0.1) is 35.5 Å². The van der Waals surface area contributed by atoms with Gasteiger partial charge in [0.2, 0.25) is 11.8 Å². The molecule has 0 bridgehead atoms. The van der Waals surface area contributed by atoms with Crippen molar-refractivity contribution in [3.8, 4) is 11.8 Å². The molecule has 3 saturated heterocycles. The average molecular weight is 827 g/mol. The van der Waals surface area contributed by atoms with E-state index in [0.29, 0.717) is 37.9 Å². The summed E-state index contributed by atoms with van der Waals surface area (Å²) in [5.74, 6) is 8.46. The van der Waals surface area contributed by atoms with Crippen molar-refractivity contribution in [1.29, 1.82) is 0 Å². The van der Waals surface area contributed by atoms with Crippen molar-refractivity contribution >= 4 is 56.8 Å². The van der Waals surface area contributed by atoms with Crippen molar-refractivity contribution in [2.24, 2.45) is 23.7 Å². The molecule has 2 aliphatic carbocycles. The molecule has 4 N–H and O–H groups in total. The smallest absolute Gasteiger partial charge is 0.407 e. The highest BCUT2D eigenvalue weighted by atomic mass is 16.5. The fourth-order valence-corrected chi connectivity index (χ4v) is 10.4. The Morgan fingerprint density at radius 2 is 1.49 bits per heavy atom. The number of nitrogens with one attached hydrogen (secondary N) is 3. The number of rotatable bonds is 8. The van der Waals surface area contributed by atoms with E-state index in [2.05, 4.69) is 39.3 Å². The minimum absolute atomic E-state index is 0.0985. The van der Waals surface area contributed by atoms with Crippen LogP contribution in [0.1, 0.15) is 87.2 Å². The third-order valence-electron chi connectivity index (χ3n) is 13.8. The van der Waals surface area contributed by atoms with Gasteiger partial charge in [0, 0.05) is 48.9 Å². The average Bonchev–Trinajstić information content (AvgIpc) is 3.91. The highest BCUT2D eigenvalue weighted by Gasteiger charge is 2.58. The van der Waals surface area contributed by atoms with Gasteiger partial charge in [-0.2, -0.15) is 0 Å². The van der Waals surface area contributed by atoms with Crippen molar-refractivity contribution in [2.45, 2.75) is 88.6 Å². The number of aromatic nitrogens is 4. The van der Waals surface area contributed by atoms with Gasteiger partial charge >= 0.3 is 12.2 Å². The maximum absolute atomic E-state index is 14.4. The summed E-state index contributed by atoms with van der Waals surface area (Å²) < 4.78 is 10.4. The van der Waals surface area contributed by atoms with Crippen LogP contribution in [0.5, 0.6) is 0 Å². The van der Waals surface area contributed by atoms with Crippen molar-refractivity contribution in [3.63, 3.8) is 0 Å². The molecule has 0 spiro atoms. The highest BCUT2D eigenvalue weighted by Crippen LogP contribution is 2.55. The molecule has 0 radical (unpaired) electrons. The molecule has 2 saturated carbocycles. The minimum Gasteiger partial charge on any atom is -0.465 e.